The quantitative estimate of drug-likeness (QED) is 0.415. The third-order valence-corrected chi connectivity index (χ3v) is 5.92. The number of nitrogens with one attached hydrogen (secondary N) is 2. The van der Waals surface area contributed by atoms with E-state index in [1.54, 1.807) is 20.8 Å². The van der Waals surface area contributed by atoms with Gasteiger partial charge in [-0.25, -0.2) is 22.3 Å². The minimum atomic E-state index is -3.53. The molecule has 1 heterocycles. The molecule has 29 heavy (non-hydrogen) atoms. The van der Waals surface area contributed by atoms with Crippen molar-refractivity contribution < 1.29 is 27.1 Å². The van der Waals surface area contributed by atoms with Crippen LogP contribution in [0.25, 0.3) is 0 Å². The highest BCUT2D eigenvalue weighted by Crippen LogP contribution is 2.24. The van der Waals surface area contributed by atoms with E-state index in [-0.39, 0.29) is 30.1 Å². The van der Waals surface area contributed by atoms with Crippen LogP contribution in [0, 0.1) is 5.82 Å². The minimum Gasteiger partial charge on any atom is -0.488 e. The Balaban J connectivity index is 1.79. The summed E-state index contributed by atoms with van der Waals surface area (Å²) >= 11 is 0. The van der Waals surface area contributed by atoms with Gasteiger partial charge in [0, 0.05) is 12.6 Å². The Labute approximate surface area is 170 Å². The molecule has 0 spiro atoms. The van der Waals surface area contributed by atoms with Gasteiger partial charge in [0.25, 0.3) is 0 Å². The normalized spacial score (nSPS) is 15.7. The number of unbranched alkanes of at least 4 members (excludes halogenated alkanes) is 2. The molecule has 8 nitrogen and oxygen atoms in total. The summed E-state index contributed by atoms with van der Waals surface area (Å²) in [7, 11) is -3.53. The van der Waals surface area contributed by atoms with Gasteiger partial charge in [-0.3, -0.25) is 10.1 Å². The van der Waals surface area contributed by atoms with Crippen LogP contribution in [0.3, 0.4) is 0 Å². The molecule has 162 valence electrons. The Morgan fingerprint density at radius 3 is 2.55 bits per heavy atom. The molecule has 2 rings (SSSR count). The largest absolute Gasteiger partial charge is 0.488 e. The molecule has 1 aliphatic rings. The molecule has 0 aliphatic carbocycles. The Bertz CT molecular complexity index is 844. The second-order valence-corrected chi connectivity index (χ2v) is 9.22. The number of nitrogens with zero attached hydrogens (tertiary/aromatic N) is 1. The molecule has 0 saturated carbocycles. The summed E-state index contributed by atoms with van der Waals surface area (Å²) in [5.74, 6) is -0.781. The van der Waals surface area contributed by atoms with Crippen LogP contribution in [0.5, 0.6) is 5.75 Å². The van der Waals surface area contributed by atoms with E-state index in [2.05, 4.69) is 10.0 Å². The molecule has 2 N–H and O–H groups in total. The molecule has 1 saturated heterocycles. The molecule has 1 fully saturated rings. The van der Waals surface area contributed by atoms with E-state index >= 15 is 0 Å². The summed E-state index contributed by atoms with van der Waals surface area (Å²) in [6, 6.07) is 3.35. The van der Waals surface area contributed by atoms with Crippen LogP contribution in [0.2, 0.25) is 0 Å². The zero-order valence-corrected chi connectivity index (χ0v) is 17.7. The van der Waals surface area contributed by atoms with Crippen LogP contribution in [-0.2, 0) is 14.8 Å². The number of rotatable bonds is 11. The summed E-state index contributed by atoms with van der Waals surface area (Å²) in [6.45, 7) is 5.72. The maximum atomic E-state index is 13.8. The van der Waals surface area contributed by atoms with Gasteiger partial charge in [0.15, 0.2) is 11.6 Å². The maximum Gasteiger partial charge on any atom is 0.324 e. The lowest BCUT2D eigenvalue weighted by atomic mass is 10.1. The average Bonchev–Trinajstić information content (AvgIpc) is 2.93. The minimum absolute atomic E-state index is 0.0520. The molecule has 1 aromatic rings. The molecule has 0 aromatic heterocycles. The number of amides is 3. The van der Waals surface area contributed by atoms with Crippen molar-refractivity contribution in [2.45, 2.75) is 52.2 Å². The fourth-order valence-corrected chi connectivity index (χ4v) is 4.34. The maximum absolute atomic E-state index is 13.8. The number of imide groups is 1. The first-order valence-corrected chi connectivity index (χ1v) is 11.3. The van der Waals surface area contributed by atoms with E-state index in [9.17, 15) is 22.4 Å². The smallest absolute Gasteiger partial charge is 0.324 e. The van der Waals surface area contributed by atoms with Gasteiger partial charge in [-0.15, -0.1) is 0 Å². The second-order valence-electron chi connectivity index (χ2n) is 7.35. The number of urea groups is 1. The zero-order valence-electron chi connectivity index (χ0n) is 16.9. The Morgan fingerprint density at radius 2 is 1.93 bits per heavy atom. The van der Waals surface area contributed by atoms with E-state index in [1.165, 1.54) is 23.1 Å². The van der Waals surface area contributed by atoms with Crippen molar-refractivity contribution in [2.24, 2.45) is 0 Å². The van der Waals surface area contributed by atoms with Gasteiger partial charge >= 0.3 is 6.03 Å². The van der Waals surface area contributed by atoms with Gasteiger partial charge in [-0.05, 0) is 51.3 Å². The lowest BCUT2D eigenvalue weighted by Gasteiger charge is -2.17. The summed E-state index contributed by atoms with van der Waals surface area (Å²) in [6.07, 6.45) is 1.45. The topological polar surface area (TPSA) is 105 Å². The van der Waals surface area contributed by atoms with E-state index in [1.807, 2.05) is 0 Å². The number of ether oxygens (including phenoxy) is 1. The highest BCUT2D eigenvalue weighted by Gasteiger charge is 2.25. The van der Waals surface area contributed by atoms with E-state index in [4.69, 9.17) is 4.74 Å². The molecule has 1 aromatic carbocycles. The lowest BCUT2D eigenvalue weighted by molar-refractivity contribution is -0.118. The standard InChI is InChI=1S/C19H28FN3O5S/c1-13(2)28-17-11-15(7-8-16(17)20)14(3)22-29(26,27)10-6-4-5-9-23-12-18(24)21-19(23)25/h7-8,11,13-14,22H,4-6,9-10,12H2,1-3H3,(H,21,24,25)/t14-/m1/s1. The van der Waals surface area contributed by atoms with E-state index in [0.29, 0.717) is 31.4 Å². The van der Waals surface area contributed by atoms with Crippen LogP contribution in [0.1, 0.15) is 51.6 Å². The average molecular weight is 430 g/mol. The first kappa shape index (κ1) is 23.1. The van der Waals surface area contributed by atoms with Crippen molar-refractivity contribution in [3.8, 4) is 5.75 Å². The van der Waals surface area contributed by atoms with Crippen molar-refractivity contribution >= 4 is 22.0 Å². The molecule has 10 heteroatoms. The second kappa shape index (κ2) is 10.0. The van der Waals surface area contributed by atoms with Crippen molar-refractivity contribution in [3.63, 3.8) is 0 Å². The van der Waals surface area contributed by atoms with Crippen LogP contribution in [0.15, 0.2) is 18.2 Å². The zero-order chi connectivity index (χ0) is 21.6. The third kappa shape index (κ3) is 7.28. The fourth-order valence-electron chi connectivity index (χ4n) is 2.96. The predicted octanol–water partition coefficient (Wildman–Crippen LogP) is 2.32. The van der Waals surface area contributed by atoms with Gasteiger partial charge in [-0.2, -0.15) is 0 Å². The summed E-state index contributed by atoms with van der Waals surface area (Å²) in [5, 5.41) is 2.20. The lowest BCUT2D eigenvalue weighted by Crippen LogP contribution is -2.30. The number of carbonyl (C=O) groups excluding carboxylic acids is 2. The van der Waals surface area contributed by atoms with Gasteiger partial charge in [0.05, 0.1) is 11.9 Å². The van der Waals surface area contributed by atoms with Crippen molar-refractivity contribution in [1.82, 2.24) is 14.9 Å². The Morgan fingerprint density at radius 1 is 1.21 bits per heavy atom. The number of hydrogen-bond acceptors (Lipinski definition) is 5. The first-order chi connectivity index (χ1) is 13.6. The third-order valence-electron chi connectivity index (χ3n) is 4.38. The number of carbonyl (C=O) groups is 2. The van der Waals surface area contributed by atoms with Crippen LogP contribution in [-0.4, -0.2) is 50.2 Å². The van der Waals surface area contributed by atoms with E-state index in [0.717, 1.165) is 0 Å². The van der Waals surface area contributed by atoms with Crippen molar-refractivity contribution in [2.75, 3.05) is 18.8 Å². The summed E-state index contributed by atoms with van der Waals surface area (Å²) in [5.41, 5.74) is 0.607. The highest BCUT2D eigenvalue weighted by atomic mass is 32.2. The molecular weight excluding hydrogens is 401 g/mol. The SMILES string of the molecule is CC(C)Oc1cc([C@@H](C)NS(=O)(=O)CCCCCN2CC(=O)NC2=O)ccc1F. The summed E-state index contributed by atoms with van der Waals surface area (Å²) in [4.78, 5) is 23.9. The monoisotopic (exact) mass is 429 g/mol. The fraction of sp³-hybridized carbons (Fsp3) is 0.579. The molecule has 1 atom stereocenters. The number of benzene rings is 1. The molecule has 0 radical (unpaired) electrons. The van der Waals surface area contributed by atoms with Crippen LogP contribution in [0.4, 0.5) is 9.18 Å². The van der Waals surface area contributed by atoms with Gasteiger partial charge in [-0.1, -0.05) is 12.5 Å². The van der Waals surface area contributed by atoms with Crippen molar-refractivity contribution in [3.05, 3.63) is 29.6 Å². The van der Waals surface area contributed by atoms with E-state index < -0.39 is 27.9 Å². The van der Waals surface area contributed by atoms with Crippen molar-refractivity contribution in [1.29, 1.82) is 0 Å². The Kier molecular flexibility index (Phi) is 7.97. The van der Waals surface area contributed by atoms with Gasteiger partial charge < -0.3 is 9.64 Å². The highest BCUT2D eigenvalue weighted by molar-refractivity contribution is 7.89. The predicted molar refractivity (Wildman–Crippen MR) is 106 cm³/mol. The van der Waals surface area contributed by atoms with Crippen LogP contribution >= 0.6 is 0 Å². The number of hydrogen-bond donors (Lipinski definition) is 2. The van der Waals surface area contributed by atoms with Gasteiger partial charge in [0.2, 0.25) is 15.9 Å². The van der Waals surface area contributed by atoms with Crippen LogP contribution < -0.4 is 14.8 Å². The molecule has 0 bridgehead atoms. The molecule has 3 amide bonds. The van der Waals surface area contributed by atoms with Gasteiger partial charge in [0.1, 0.15) is 6.54 Å². The first-order valence-electron chi connectivity index (χ1n) is 9.62. The molecule has 1 aliphatic heterocycles. The molecular formula is C19H28FN3O5S. The Hall–Kier alpha value is -2.20. The molecule has 0 unspecified atom stereocenters. The number of sulfonamides is 1. The summed E-state index contributed by atoms with van der Waals surface area (Å²) < 4.78 is 46.5. The number of halogens is 1.